The number of hydrogen-bond acceptors (Lipinski definition) is 1. The molecule has 0 aliphatic heterocycles. The summed E-state index contributed by atoms with van der Waals surface area (Å²) in [5.41, 5.74) is 0. The summed E-state index contributed by atoms with van der Waals surface area (Å²) < 4.78 is 31.4. The first kappa shape index (κ1) is 8.64. The van der Waals surface area contributed by atoms with E-state index in [2.05, 4.69) is 0 Å². The SMILES string of the molecule is O=S(O)c1cc(F)ccc1Cl. The van der Waals surface area contributed by atoms with Crippen molar-refractivity contribution in [1.29, 1.82) is 0 Å². The monoisotopic (exact) mass is 194 g/mol. The average molecular weight is 195 g/mol. The van der Waals surface area contributed by atoms with Gasteiger partial charge in [0, 0.05) is 0 Å². The van der Waals surface area contributed by atoms with Gasteiger partial charge in [-0.25, -0.2) is 8.60 Å². The molecule has 2 nitrogen and oxygen atoms in total. The van der Waals surface area contributed by atoms with E-state index in [0.29, 0.717) is 0 Å². The van der Waals surface area contributed by atoms with Crippen molar-refractivity contribution >= 4 is 22.7 Å². The fourth-order valence-electron chi connectivity index (χ4n) is 0.611. The molecule has 1 rings (SSSR count). The molecule has 1 atom stereocenters. The van der Waals surface area contributed by atoms with Crippen molar-refractivity contribution in [3.63, 3.8) is 0 Å². The first-order chi connectivity index (χ1) is 5.11. The Morgan fingerprint density at radius 3 is 2.64 bits per heavy atom. The largest absolute Gasteiger partial charge is 0.302 e. The molecule has 0 fully saturated rings. The minimum atomic E-state index is -2.22. The average Bonchev–Trinajstić information content (AvgIpc) is 1.94. The maximum atomic E-state index is 12.4. The second-order valence-electron chi connectivity index (χ2n) is 1.82. The van der Waals surface area contributed by atoms with Crippen LogP contribution in [-0.2, 0) is 11.1 Å². The molecule has 1 aromatic carbocycles. The summed E-state index contributed by atoms with van der Waals surface area (Å²) in [5, 5.41) is 0.0900. The lowest BCUT2D eigenvalue weighted by molar-refractivity contribution is 0.561. The molecule has 0 aliphatic carbocycles. The molecule has 0 spiro atoms. The highest BCUT2D eigenvalue weighted by Crippen LogP contribution is 2.19. The maximum Gasteiger partial charge on any atom is 0.188 e. The van der Waals surface area contributed by atoms with Crippen molar-refractivity contribution < 1.29 is 13.2 Å². The van der Waals surface area contributed by atoms with Crippen molar-refractivity contribution in [3.05, 3.63) is 29.0 Å². The van der Waals surface area contributed by atoms with Gasteiger partial charge in [-0.05, 0) is 18.2 Å². The minimum absolute atomic E-state index is 0.0900. The lowest BCUT2D eigenvalue weighted by Crippen LogP contribution is -1.90. The summed E-state index contributed by atoms with van der Waals surface area (Å²) >= 11 is 3.25. The summed E-state index contributed by atoms with van der Waals surface area (Å²) in [6, 6.07) is 3.29. The Morgan fingerprint density at radius 2 is 2.18 bits per heavy atom. The fraction of sp³-hybridized carbons (Fsp3) is 0. The Hall–Kier alpha value is -0.450. The van der Waals surface area contributed by atoms with Crippen LogP contribution in [0.5, 0.6) is 0 Å². The van der Waals surface area contributed by atoms with Crippen LogP contribution in [0.2, 0.25) is 5.02 Å². The third-order valence-electron chi connectivity index (χ3n) is 1.08. The molecule has 60 valence electrons. The molecular formula is C6H4ClFO2S. The second-order valence-corrected chi connectivity index (χ2v) is 3.17. The Kier molecular flexibility index (Phi) is 2.59. The van der Waals surface area contributed by atoms with Crippen molar-refractivity contribution in [3.8, 4) is 0 Å². The smallest absolute Gasteiger partial charge is 0.188 e. The maximum absolute atomic E-state index is 12.4. The van der Waals surface area contributed by atoms with Gasteiger partial charge in [-0.3, -0.25) is 0 Å². The van der Waals surface area contributed by atoms with Gasteiger partial charge in [-0.15, -0.1) is 0 Å². The molecule has 5 heteroatoms. The predicted octanol–water partition coefficient (Wildman–Crippen LogP) is 2.06. The van der Waals surface area contributed by atoms with Crippen LogP contribution in [0.25, 0.3) is 0 Å². The van der Waals surface area contributed by atoms with Crippen LogP contribution in [0.15, 0.2) is 23.1 Å². The van der Waals surface area contributed by atoms with E-state index in [1.54, 1.807) is 0 Å². The lowest BCUT2D eigenvalue weighted by Gasteiger charge is -1.97. The van der Waals surface area contributed by atoms with Gasteiger partial charge in [-0.2, -0.15) is 0 Å². The standard InChI is InChI=1S/C6H4ClFO2S/c7-5-2-1-4(8)3-6(5)11(9)10/h1-3H,(H,9,10). The molecule has 0 radical (unpaired) electrons. The highest BCUT2D eigenvalue weighted by atomic mass is 35.5. The van der Waals surface area contributed by atoms with Crippen molar-refractivity contribution in [2.75, 3.05) is 0 Å². The van der Waals surface area contributed by atoms with E-state index in [-0.39, 0.29) is 9.92 Å². The predicted molar refractivity (Wildman–Crippen MR) is 40.4 cm³/mol. The number of benzene rings is 1. The zero-order chi connectivity index (χ0) is 8.43. The van der Waals surface area contributed by atoms with Crippen molar-refractivity contribution in [1.82, 2.24) is 0 Å². The van der Waals surface area contributed by atoms with Crippen LogP contribution >= 0.6 is 11.6 Å². The van der Waals surface area contributed by atoms with Crippen LogP contribution in [0.4, 0.5) is 4.39 Å². The van der Waals surface area contributed by atoms with E-state index in [1.807, 2.05) is 0 Å². The van der Waals surface area contributed by atoms with Crippen LogP contribution in [-0.4, -0.2) is 8.76 Å². The summed E-state index contributed by atoms with van der Waals surface area (Å²) in [6.07, 6.45) is 0. The Morgan fingerprint density at radius 1 is 1.55 bits per heavy atom. The van der Waals surface area contributed by atoms with Crippen LogP contribution < -0.4 is 0 Å². The molecule has 0 aromatic heterocycles. The molecule has 1 unspecified atom stereocenters. The topological polar surface area (TPSA) is 37.3 Å². The molecule has 1 N–H and O–H groups in total. The van der Waals surface area contributed by atoms with Crippen molar-refractivity contribution in [2.45, 2.75) is 4.90 Å². The summed E-state index contributed by atoms with van der Waals surface area (Å²) in [6.45, 7) is 0. The van der Waals surface area contributed by atoms with E-state index in [4.69, 9.17) is 16.2 Å². The molecule has 0 bridgehead atoms. The number of rotatable bonds is 1. The second kappa shape index (κ2) is 3.30. The highest BCUT2D eigenvalue weighted by molar-refractivity contribution is 7.79. The Labute approximate surface area is 70.3 Å². The summed E-state index contributed by atoms with van der Waals surface area (Å²) in [4.78, 5) is -0.105. The van der Waals surface area contributed by atoms with Gasteiger partial charge < -0.3 is 4.55 Å². The molecule has 0 amide bonds. The lowest BCUT2D eigenvalue weighted by atomic mass is 10.3. The van der Waals surface area contributed by atoms with Gasteiger partial charge in [0.1, 0.15) is 5.82 Å². The van der Waals surface area contributed by atoms with Gasteiger partial charge in [0.15, 0.2) is 11.1 Å². The number of halogens is 2. The first-order valence-electron chi connectivity index (χ1n) is 2.67. The van der Waals surface area contributed by atoms with Gasteiger partial charge in [0.05, 0.1) is 9.92 Å². The van der Waals surface area contributed by atoms with Crippen LogP contribution in [0.1, 0.15) is 0 Å². The molecule has 0 saturated carbocycles. The van der Waals surface area contributed by atoms with E-state index in [1.165, 1.54) is 6.07 Å². The van der Waals surface area contributed by atoms with Gasteiger partial charge >= 0.3 is 0 Å². The summed E-state index contributed by atoms with van der Waals surface area (Å²) in [5.74, 6) is -0.577. The zero-order valence-corrected chi connectivity index (χ0v) is 6.82. The highest BCUT2D eigenvalue weighted by Gasteiger charge is 2.06. The van der Waals surface area contributed by atoms with E-state index >= 15 is 0 Å². The third-order valence-corrected chi connectivity index (χ3v) is 2.24. The van der Waals surface area contributed by atoms with Crippen LogP contribution in [0.3, 0.4) is 0 Å². The van der Waals surface area contributed by atoms with Crippen LogP contribution in [0, 0.1) is 5.82 Å². The first-order valence-corrected chi connectivity index (χ1v) is 4.15. The Bertz CT molecular complexity index is 303. The van der Waals surface area contributed by atoms with Gasteiger partial charge in [0.25, 0.3) is 0 Å². The normalized spacial score (nSPS) is 13.0. The quantitative estimate of drug-likeness (QED) is 0.695. The molecule has 0 saturated heterocycles. The molecular weight excluding hydrogens is 191 g/mol. The minimum Gasteiger partial charge on any atom is -0.302 e. The molecule has 11 heavy (non-hydrogen) atoms. The van der Waals surface area contributed by atoms with Gasteiger partial charge in [-0.1, -0.05) is 11.6 Å². The molecule has 0 aliphatic rings. The van der Waals surface area contributed by atoms with E-state index < -0.39 is 16.9 Å². The summed E-state index contributed by atoms with van der Waals surface area (Å²) in [7, 11) is 0. The zero-order valence-electron chi connectivity index (χ0n) is 5.25. The van der Waals surface area contributed by atoms with Gasteiger partial charge in [0.2, 0.25) is 0 Å². The Balaban J connectivity index is 3.23. The molecule has 1 aromatic rings. The van der Waals surface area contributed by atoms with Crippen molar-refractivity contribution in [2.24, 2.45) is 0 Å². The third kappa shape index (κ3) is 1.99. The van der Waals surface area contributed by atoms with E-state index in [9.17, 15) is 8.60 Å². The fourth-order valence-corrected chi connectivity index (χ4v) is 1.37. The number of hydrogen-bond donors (Lipinski definition) is 1. The molecule has 0 heterocycles. The van der Waals surface area contributed by atoms with E-state index in [0.717, 1.165) is 12.1 Å².